The van der Waals surface area contributed by atoms with Crippen LogP contribution in [0.15, 0.2) is 41.6 Å². The van der Waals surface area contributed by atoms with E-state index in [-0.39, 0.29) is 21.5 Å². The van der Waals surface area contributed by atoms with Gasteiger partial charge < -0.3 is 4.90 Å². The Bertz CT molecular complexity index is 890. The molecule has 0 radical (unpaired) electrons. The van der Waals surface area contributed by atoms with Crippen LogP contribution < -0.4 is 9.62 Å². The molecule has 1 aromatic heterocycles. The Labute approximate surface area is 151 Å². The van der Waals surface area contributed by atoms with Crippen LogP contribution in [0.25, 0.3) is 0 Å². The number of nitriles is 1. The van der Waals surface area contributed by atoms with Gasteiger partial charge in [0.1, 0.15) is 6.07 Å². The third-order valence-electron chi connectivity index (χ3n) is 4.02. The summed E-state index contributed by atoms with van der Waals surface area (Å²) >= 11 is 5.93. The summed E-state index contributed by atoms with van der Waals surface area (Å²) in [5.41, 5.74) is 0.247. The third-order valence-corrected chi connectivity index (χ3v) is 5.85. The molecule has 3 rings (SSSR count). The van der Waals surface area contributed by atoms with Gasteiger partial charge in [-0.3, -0.25) is 0 Å². The Hall–Kier alpha value is -2.21. The zero-order valence-electron chi connectivity index (χ0n) is 13.3. The van der Waals surface area contributed by atoms with E-state index in [2.05, 4.69) is 14.7 Å². The van der Waals surface area contributed by atoms with E-state index in [0.717, 1.165) is 0 Å². The number of hydrogen-bond acceptors (Lipinski definition) is 6. The van der Waals surface area contributed by atoms with Crippen molar-refractivity contribution >= 4 is 27.6 Å². The molecule has 0 spiro atoms. The second kappa shape index (κ2) is 7.35. The van der Waals surface area contributed by atoms with Gasteiger partial charge in [0.2, 0.25) is 16.0 Å². The molecule has 2 aromatic rings. The summed E-state index contributed by atoms with van der Waals surface area (Å²) in [7, 11) is -3.68. The minimum absolute atomic E-state index is 0.0605. The lowest BCUT2D eigenvalue weighted by atomic mass is 10.1. The fourth-order valence-corrected chi connectivity index (χ4v) is 4.31. The van der Waals surface area contributed by atoms with Crippen LogP contribution in [-0.2, 0) is 10.0 Å². The average Bonchev–Trinajstić information content (AvgIpc) is 2.62. The van der Waals surface area contributed by atoms with Gasteiger partial charge >= 0.3 is 0 Å². The second-order valence-corrected chi connectivity index (χ2v) is 7.81. The number of aromatic nitrogens is 2. The van der Waals surface area contributed by atoms with Gasteiger partial charge in [0, 0.05) is 31.5 Å². The Morgan fingerprint density at radius 2 is 1.92 bits per heavy atom. The zero-order chi connectivity index (χ0) is 17.9. The minimum atomic E-state index is -3.68. The number of halogens is 1. The predicted octanol–water partition coefficient (Wildman–Crippen LogP) is 1.95. The standard InChI is InChI=1S/C16H16ClN5O2S/c17-15-10-14(3-2-12(15)11-18)25(23,24)21-13-4-8-22(9-5-13)16-19-6-1-7-20-16/h1-3,6-7,10,13,21H,4-5,8-9H2. The van der Waals surface area contributed by atoms with E-state index in [1.165, 1.54) is 18.2 Å². The Morgan fingerprint density at radius 3 is 2.52 bits per heavy atom. The van der Waals surface area contributed by atoms with Gasteiger partial charge in [0.05, 0.1) is 15.5 Å². The average molecular weight is 378 g/mol. The minimum Gasteiger partial charge on any atom is -0.341 e. The molecule has 1 N–H and O–H groups in total. The molecular formula is C16H16ClN5O2S. The van der Waals surface area contributed by atoms with Crippen molar-refractivity contribution in [3.63, 3.8) is 0 Å². The molecule has 25 heavy (non-hydrogen) atoms. The molecule has 0 amide bonds. The molecule has 1 saturated heterocycles. The van der Waals surface area contributed by atoms with Crippen molar-refractivity contribution in [2.24, 2.45) is 0 Å². The summed E-state index contributed by atoms with van der Waals surface area (Å²) in [6, 6.07) is 7.60. The van der Waals surface area contributed by atoms with Crippen LogP contribution in [0.4, 0.5) is 5.95 Å². The molecule has 1 aliphatic rings. The lowest BCUT2D eigenvalue weighted by molar-refractivity contribution is 0.456. The number of benzene rings is 1. The van der Waals surface area contributed by atoms with Gasteiger partial charge in [-0.1, -0.05) is 11.6 Å². The topological polar surface area (TPSA) is 99.0 Å². The van der Waals surface area contributed by atoms with Crippen LogP contribution in [0.5, 0.6) is 0 Å². The molecule has 1 aromatic carbocycles. The first-order valence-corrected chi connectivity index (χ1v) is 9.59. The maximum Gasteiger partial charge on any atom is 0.240 e. The van der Waals surface area contributed by atoms with Crippen molar-refractivity contribution < 1.29 is 8.42 Å². The van der Waals surface area contributed by atoms with Crippen molar-refractivity contribution in [3.05, 3.63) is 47.2 Å². The first kappa shape index (κ1) is 17.6. The van der Waals surface area contributed by atoms with Crippen molar-refractivity contribution in [1.29, 1.82) is 5.26 Å². The fraction of sp³-hybridized carbons (Fsp3) is 0.312. The number of piperidine rings is 1. The molecule has 9 heteroatoms. The molecule has 0 unspecified atom stereocenters. The maximum absolute atomic E-state index is 12.5. The summed E-state index contributed by atoms with van der Waals surface area (Å²) in [6.45, 7) is 1.34. The van der Waals surface area contributed by atoms with Gasteiger partial charge in [-0.2, -0.15) is 5.26 Å². The van der Waals surface area contributed by atoms with E-state index in [0.29, 0.717) is 31.9 Å². The maximum atomic E-state index is 12.5. The van der Waals surface area contributed by atoms with Gasteiger partial charge in [-0.15, -0.1) is 0 Å². The van der Waals surface area contributed by atoms with Crippen LogP contribution in [0.2, 0.25) is 5.02 Å². The van der Waals surface area contributed by atoms with E-state index in [9.17, 15) is 8.42 Å². The molecule has 7 nitrogen and oxygen atoms in total. The van der Waals surface area contributed by atoms with E-state index < -0.39 is 10.0 Å². The van der Waals surface area contributed by atoms with E-state index in [1.807, 2.05) is 11.0 Å². The highest BCUT2D eigenvalue weighted by molar-refractivity contribution is 7.89. The number of anilines is 1. The van der Waals surface area contributed by atoms with Crippen LogP contribution in [-0.4, -0.2) is 37.5 Å². The molecule has 1 aliphatic heterocycles. The van der Waals surface area contributed by atoms with Crippen LogP contribution in [0.3, 0.4) is 0 Å². The number of sulfonamides is 1. The van der Waals surface area contributed by atoms with Crippen LogP contribution in [0, 0.1) is 11.3 Å². The van der Waals surface area contributed by atoms with Crippen LogP contribution >= 0.6 is 11.6 Å². The highest BCUT2D eigenvalue weighted by Crippen LogP contribution is 2.22. The fourth-order valence-electron chi connectivity index (χ4n) is 2.69. The third kappa shape index (κ3) is 4.07. The van der Waals surface area contributed by atoms with Crippen molar-refractivity contribution in [1.82, 2.24) is 14.7 Å². The van der Waals surface area contributed by atoms with Gasteiger partial charge in [-0.05, 0) is 37.1 Å². The van der Waals surface area contributed by atoms with Gasteiger partial charge in [0.15, 0.2) is 0 Å². The van der Waals surface area contributed by atoms with E-state index in [4.69, 9.17) is 16.9 Å². The molecule has 0 atom stereocenters. The first-order valence-electron chi connectivity index (χ1n) is 7.73. The second-order valence-electron chi connectivity index (χ2n) is 5.68. The van der Waals surface area contributed by atoms with Crippen molar-refractivity contribution in [2.45, 2.75) is 23.8 Å². The lowest BCUT2D eigenvalue weighted by Gasteiger charge is -2.32. The summed E-state index contributed by atoms with van der Waals surface area (Å²) < 4.78 is 27.7. The predicted molar refractivity (Wildman–Crippen MR) is 93.8 cm³/mol. The molecule has 0 aliphatic carbocycles. The number of nitrogens with one attached hydrogen (secondary N) is 1. The van der Waals surface area contributed by atoms with Crippen molar-refractivity contribution in [2.75, 3.05) is 18.0 Å². The lowest BCUT2D eigenvalue weighted by Crippen LogP contribution is -2.45. The Kier molecular flexibility index (Phi) is 5.18. The molecule has 0 saturated carbocycles. The number of rotatable bonds is 4. The largest absolute Gasteiger partial charge is 0.341 e. The van der Waals surface area contributed by atoms with Crippen molar-refractivity contribution in [3.8, 4) is 6.07 Å². The summed E-state index contributed by atoms with van der Waals surface area (Å²) in [5.74, 6) is 0.655. The first-order chi connectivity index (χ1) is 12.0. The number of hydrogen-bond donors (Lipinski definition) is 1. The molecule has 2 heterocycles. The van der Waals surface area contributed by atoms with E-state index in [1.54, 1.807) is 18.5 Å². The normalized spacial score (nSPS) is 15.8. The highest BCUT2D eigenvalue weighted by atomic mass is 35.5. The monoisotopic (exact) mass is 377 g/mol. The summed E-state index contributed by atoms with van der Waals surface area (Å²) in [4.78, 5) is 10.5. The summed E-state index contributed by atoms with van der Waals surface area (Å²) in [6.07, 6.45) is 4.68. The Morgan fingerprint density at radius 1 is 1.24 bits per heavy atom. The zero-order valence-corrected chi connectivity index (χ0v) is 14.8. The number of nitrogens with zero attached hydrogens (tertiary/aromatic N) is 4. The molecule has 0 bridgehead atoms. The molecular weight excluding hydrogens is 362 g/mol. The summed E-state index contributed by atoms with van der Waals surface area (Å²) in [5, 5.41) is 9.00. The Balaban J connectivity index is 1.65. The van der Waals surface area contributed by atoms with E-state index >= 15 is 0 Å². The highest BCUT2D eigenvalue weighted by Gasteiger charge is 2.26. The smallest absolute Gasteiger partial charge is 0.240 e. The molecule has 130 valence electrons. The SMILES string of the molecule is N#Cc1ccc(S(=O)(=O)NC2CCN(c3ncccn3)CC2)cc1Cl. The van der Waals surface area contributed by atoms with Gasteiger partial charge in [0.25, 0.3) is 0 Å². The van der Waals surface area contributed by atoms with Crippen LogP contribution in [0.1, 0.15) is 18.4 Å². The quantitative estimate of drug-likeness (QED) is 0.874. The molecule has 1 fully saturated rings. The van der Waals surface area contributed by atoms with Gasteiger partial charge in [-0.25, -0.2) is 23.1 Å².